The van der Waals surface area contributed by atoms with Crippen LogP contribution in [0, 0.1) is 0 Å². The van der Waals surface area contributed by atoms with Crippen molar-refractivity contribution in [3.63, 3.8) is 0 Å². The molecule has 0 fully saturated rings. The van der Waals surface area contributed by atoms with Crippen LogP contribution in [0.4, 0.5) is 0 Å². The second kappa shape index (κ2) is 7.34. The quantitative estimate of drug-likeness (QED) is 0.720. The molecule has 0 atom stereocenters. The van der Waals surface area contributed by atoms with Crippen LogP contribution in [0.25, 0.3) is 10.8 Å². The van der Waals surface area contributed by atoms with Crippen LogP contribution in [-0.2, 0) is 13.1 Å². The third-order valence-electron chi connectivity index (χ3n) is 4.33. The third kappa shape index (κ3) is 3.73. The van der Waals surface area contributed by atoms with E-state index < -0.39 is 0 Å². The molecule has 0 saturated heterocycles. The fourth-order valence-electron chi connectivity index (χ4n) is 3.09. The second-order valence-corrected chi connectivity index (χ2v) is 6.65. The summed E-state index contributed by atoms with van der Waals surface area (Å²) >= 11 is 6.35. The number of fused-ring (bicyclic) bond motifs is 2. The summed E-state index contributed by atoms with van der Waals surface area (Å²) in [5.41, 5.74) is 2.36. The summed E-state index contributed by atoms with van der Waals surface area (Å²) in [5.74, 6) is 1.41. The molecule has 0 unspecified atom stereocenters. The van der Waals surface area contributed by atoms with Gasteiger partial charge in [0.15, 0.2) is 11.5 Å². The van der Waals surface area contributed by atoms with E-state index in [4.69, 9.17) is 21.1 Å². The molecule has 0 aromatic heterocycles. The van der Waals surface area contributed by atoms with E-state index in [0.29, 0.717) is 24.0 Å². The van der Waals surface area contributed by atoms with Gasteiger partial charge in [-0.2, -0.15) is 0 Å². The number of nitrogens with one attached hydrogen (secondary N) is 1. The van der Waals surface area contributed by atoms with Gasteiger partial charge in [-0.15, -0.1) is 0 Å². The Balaban J connectivity index is 1.44. The van der Waals surface area contributed by atoms with Gasteiger partial charge in [-0.05, 0) is 40.1 Å². The van der Waals surface area contributed by atoms with Crippen LogP contribution >= 0.6 is 11.6 Å². The summed E-state index contributed by atoms with van der Waals surface area (Å²) in [7, 11) is 0. The average Bonchev–Trinajstić information content (AvgIpc) is 2.87. The molecule has 1 aliphatic rings. The Morgan fingerprint density at radius 2 is 1.64 bits per heavy atom. The first kappa shape index (κ1) is 16.2. The van der Waals surface area contributed by atoms with Crippen LogP contribution in [-0.4, -0.2) is 13.2 Å². The lowest BCUT2D eigenvalue weighted by molar-refractivity contribution is 0.297. The molecule has 3 nitrogen and oxygen atoms in total. The highest BCUT2D eigenvalue weighted by atomic mass is 35.5. The summed E-state index contributed by atoms with van der Waals surface area (Å²) in [6, 6.07) is 18.9. The molecule has 0 saturated carbocycles. The Labute approximate surface area is 152 Å². The van der Waals surface area contributed by atoms with Crippen molar-refractivity contribution in [3.8, 4) is 11.5 Å². The molecule has 1 heterocycles. The standard InChI is InChI=1S/C21H20ClNO2/c22-19-11-16(12-20-21(19)25-9-3-8-24-20)14-23-13-15-6-7-17-4-1-2-5-18(17)10-15/h1-2,4-7,10-12,23H,3,8-9,13-14H2. The predicted molar refractivity (Wildman–Crippen MR) is 102 cm³/mol. The zero-order chi connectivity index (χ0) is 17.1. The maximum absolute atomic E-state index is 6.35. The van der Waals surface area contributed by atoms with E-state index in [-0.39, 0.29) is 0 Å². The van der Waals surface area contributed by atoms with E-state index >= 15 is 0 Å². The molecule has 4 rings (SSSR count). The molecule has 0 radical (unpaired) electrons. The van der Waals surface area contributed by atoms with Gasteiger partial charge in [0.1, 0.15) is 0 Å². The second-order valence-electron chi connectivity index (χ2n) is 6.24. The lowest BCUT2D eigenvalue weighted by atomic mass is 10.1. The van der Waals surface area contributed by atoms with Crippen molar-refractivity contribution in [3.05, 3.63) is 70.7 Å². The van der Waals surface area contributed by atoms with Crippen molar-refractivity contribution in [1.82, 2.24) is 5.32 Å². The van der Waals surface area contributed by atoms with Crippen LogP contribution in [0.1, 0.15) is 17.5 Å². The first-order valence-electron chi connectivity index (χ1n) is 8.56. The van der Waals surface area contributed by atoms with Crippen molar-refractivity contribution in [1.29, 1.82) is 0 Å². The van der Waals surface area contributed by atoms with Crippen LogP contribution in [0.2, 0.25) is 5.02 Å². The highest BCUT2D eigenvalue weighted by Gasteiger charge is 2.15. The topological polar surface area (TPSA) is 30.5 Å². The summed E-state index contributed by atoms with van der Waals surface area (Å²) in [4.78, 5) is 0. The largest absolute Gasteiger partial charge is 0.489 e. The van der Waals surface area contributed by atoms with E-state index in [1.54, 1.807) is 0 Å². The highest BCUT2D eigenvalue weighted by Crippen LogP contribution is 2.37. The van der Waals surface area contributed by atoms with E-state index in [1.807, 2.05) is 12.1 Å². The molecular weight excluding hydrogens is 334 g/mol. The lowest BCUT2D eigenvalue weighted by Gasteiger charge is -2.12. The number of hydrogen-bond donors (Lipinski definition) is 1. The van der Waals surface area contributed by atoms with Gasteiger partial charge in [-0.25, -0.2) is 0 Å². The predicted octanol–water partition coefficient (Wildman–Crippen LogP) is 4.94. The zero-order valence-electron chi connectivity index (χ0n) is 13.9. The van der Waals surface area contributed by atoms with Crippen LogP contribution < -0.4 is 14.8 Å². The number of hydrogen-bond acceptors (Lipinski definition) is 3. The Morgan fingerprint density at radius 1 is 0.840 bits per heavy atom. The Hall–Kier alpha value is -2.23. The Kier molecular flexibility index (Phi) is 4.77. The van der Waals surface area contributed by atoms with Gasteiger partial charge >= 0.3 is 0 Å². The number of ether oxygens (including phenoxy) is 2. The third-order valence-corrected chi connectivity index (χ3v) is 4.61. The first-order valence-corrected chi connectivity index (χ1v) is 8.94. The molecule has 0 aliphatic carbocycles. The molecule has 3 aromatic carbocycles. The van der Waals surface area contributed by atoms with Crippen LogP contribution in [0.15, 0.2) is 54.6 Å². The van der Waals surface area contributed by atoms with Crippen molar-refractivity contribution >= 4 is 22.4 Å². The van der Waals surface area contributed by atoms with Gasteiger partial charge in [-0.1, -0.05) is 48.0 Å². The summed E-state index contributed by atoms with van der Waals surface area (Å²) in [6.07, 6.45) is 0.876. The van der Waals surface area contributed by atoms with E-state index in [1.165, 1.54) is 16.3 Å². The molecule has 128 valence electrons. The van der Waals surface area contributed by atoms with Crippen molar-refractivity contribution in [2.45, 2.75) is 19.5 Å². The Morgan fingerprint density at radius 3 is 2.56 bits per heavy atom. The maximum atomic E-state index is 6.35. The van der Waals surface area contributed by atoms with Crippen molar-refractivity contribution < 1.29 is 9.47 Å². The molecule has 1 aliphatic heterocycles. The minimum atomic E-state index is 0.613. The van der Waals surface area contributed by atoms with Gasteiger partial charge in [0.2, 0.25) is 0 Å². The van der Waals surface area contributed by atoms with Crippen molar-refractivity contribution in [2.75, 3.05) is 13.2 Å². The van der Waals surface area contributed by atoms with Gasteiger partial charge in [0, 0.05) is 19.5 Å². The smallest absolute Gasteiger partial charge is 0.179 e. The molecule has 1 N–H and O–H groups in total. The average molecular weight is 354 g/mol. The van der Waals surface area contributed by atoms with E-state index in [0.717, 1.165) is 30.8 Å². The SMILES string of the molecule is Clc1cc(CNCc2ccc3ccccc3c2)cc2c1OCCCO2. The lowest BCUT2D eigenvalue weighted by Crippen LogP contribution is -2.12. The summed E-state index contributed by atoms with van der Waals surface area (Å²) < 4.78 is 11.4. The minimum absolute atomic E-state index is 0.613. The molecule has 4 heteroatoms. The minimum Gasteiger partial charge on any atom is -0.489 e. The Bertz CT molecular complexity index is 894. The van der Waals surface area contributed by atoms with Gasteiger partial charge in [0.25, 0.3) is 0 Å². The van der Waals surface area contributed by atoms with E-state index in [2.05, 4.69) is 47.8 Å². The van der Waals surface area contributed by atoms with Crippen LogP contribution in [0.3, 0.4) is 0 Å². The van der Waals surface area contributed by atoms with Crippen LogP contribution in [0.5, 0.6) is 11.5 Å². The number of halogens is 1. The fraction of sp³-hybridized carbons (Fsp3) is 0.238. The first-order chi connectivity index (χ1) is 12.3. The maximum Gasteiger partial charge on any atom is 0.179 e. The molecule has 0 amide bonds. The number of rotatable bonds is 4. The van der Waals surface area contributed by atoms with Gasteiger partial charge < -0.3 is 14.8 Å². The molecular formula is C21H20ClNO2. The molecule has 0 bridgehead atoms. The highest BCUT2D eigenvalue weighted by molar-refractivity contribution is 6.32. The molecule has 25 heavy (non-hydrogen) atoms. The molecule has 0 spiro atoms. The summed E-state index contributed by atoms with van der Waals surface area (Å²) in [6.45, 7) is 2.84. The molecule has 3 aromatic rings. The fourth-order valence-corrected chi connectivity index (χ4v) is 3.37. The van der Waals surface area contributed by atoms with Gasteiger partial charge in [0.05, 0.1) is 18.2 Å². The van der Waals surface area contributed by atoms with Gasteiger partial charge in [-0.3, -0.25) is 0 Å². The van der Waals surface area contributed by atoms with Crippen molar-refractivity contribution in [2.24, 2.45) is 0 Å². The number of benzene rings is 3. The summed E-state index contributed by atoms with van der Waals surface area (Å²) in [5, 5.41) is 6.62. The normalized spacial score (nSPS) is 13.6. The monoisotopic (exact) mass is 353 g/mol. The van der Waals surface area contributed by atoms with E-state index in [9.17, 15) is 0 Å². The zero-order valence-corrected chi connectivity index (χ0v) is 14.7.